The zero-order chi connectivity index (χ0) is 15.9. The summed E-state index contributed by atoms with van der Waals surface area (Å²) in [5.41, 5.74) is 1.09. The highest BCUT2D eigenvalue weighted by molar-refractivity contribution is 5.78. The maximum absolute atomic E-state index is 12.2. The minimum absolute atomic E-state index is 0.0415. The summed E-state index contributed by atoms with van der Waals surface area (Å²) in [6, 6.07) is 7.75. The van der Waals surface area contributed by atoms with Gasteiger partial charge in [0.05, 0.1) is 12.5 Å². The second-order valence-corrected chi connectivity index (χ2v) is 5.59. The fourth-order valence-corrected chi connectivity index (χ4v) is 2.73. The second-order valence-electron chi connectivity index (χ2n) is 5.59. The van der Waals surface area contributed by atoms with E-state index in [1.54, 1.807) is 4.90 Å². The number of aryl methyl sites for hydroxylation is 1. The first-order valence-corrected chi connectivity index (χ1v) is 7.82. The van der Waals surface area contributed by atoms with Crippen LogP contribution in [0.15, 0.2) is 24.3 Å². The van der Waals surface area contributed by atoms with E-state index in [4.69, 9.17) is 9.84 Å². The number of carboxylic acids is 1. The van der Waals surface area contributed by atoms with Gasteiger partial charge in [0.25, 0.3) is 0 Å². The van der Waals surface area contributed by atoms with E-state index in [1.165, 1.54) is 0 Å². The highest BCUT2D eigenvalue weighted by Gasteiger charge is 2.27. The molecule has 5 heteroatoms. The van der Waals surface area contributed by atoms with E-state index in [-0.39, 0.29) is 5.91 Å². The molecule has 0 saturated carbocycles. The summed E-state index contributed by atoms with van der Waals surface area (Å²) >= 11 is 0. The third-order valence-corrected chi connectivity index (χ3v) is 3.99. The monoisotopic (exact) mass is 305 g/mol. The lowest BCUT2D eigenvalue weighted by Crippen LogP contribution is -2.42. The largest absolute Gasteiger partial charge is 0.494 e. The number of ether oxygens (including phenoxy) is 1. The van der Waals surface area contributed by atoms with Crippen molar-refractivity contribution < 1.29 is 19.4 Å². The van der Waals surface area contributed by atoms with Crippen LogP contribution in [0.2, 0.25) is 0 Å². The van der Waals surface area contributed by atoms with Crippen LogP contribution in [-0.4, -0.2) is 41.6 Å². The fourth-order valence-electron chi connectivity index (χ4n) is 2.73. The highest BCUT2D eigenvalue weighted by atomic mass is 16.5. The van der Waals surface area contributed by atoms with E-state index in [0.29, 0.717) is 39.0 Å². The lowest BCUT2D eigenvalue weighted by atomic mass is 9.97. The maximum Gasteiger partial charge on any atom is 0.308 e. The van der Waals surface area contributed by atoms with Crippen molar-refractivity contribution in [3.63, 3.8) is 0 Å². The minimum Gasteiger partial charge on any atom is -0.494 e. The van der Waals surface area contributed by atoms with Crippen LogP contribution in [0.1, 0.15) is 31.7 Å². The van der Waals surface area contributed by atoms with Crippen LogP contribution in [-0.2, 0) is 16.0 Å². The minimum atomic E-state index is -0.802. The number of carbonyl (C=O) groups excluding carboxylic acids is 1. The van der Waals surface area contributed by atoms with Gasteiger partial charge in [-0.3, -0.25) is 9.59 Å². The number of nitrogens with zero attached hydrogens (tertiary/aromatic N) is 1. The molecule has 0 radical (unpaired) electrons. The number of carboxylic acid groups (broad SMARTS) is 1. The summed E-state index contributed by atoms with van der Waals surface area (Å²) in [6.07, 6.45) is 2.52. The van der Waals surface area contributed by atoms with Crippen molar-refractivity contribution in [1.29, 1.82) is 0 Å². The summed E-state index contributed by atoms with van der Waals surface area (Å²) in [4.78, 5) is 24.9. The van der Waals surface area contributed by atoms with Crippen LogP contribution in [0, 0.1) is 5.92 Å². The van der Waals surface area contributed by atoms with E-state index in [2.05, 4.69) is 0 Å². The number of benzene rings is 1. The van der Waals surface area contributed by atoms with Crippen molar-refractivity contribution in [2.45, 2.75) is 32.6 Å². The zero-order valence-corrected chi connectivity index (χ0v) is 13.0. The number of amides is 1. The molecule has 0 unspecified atom stereocenters. The Balaban J connectivity index is 1.83. The van der Waals surface area contributed by atoms with E-state index in [0.717, 1.165) is 17.7 Å². The average Bonchev–Trinajstić information content (AvgIpc) is 2.54. The van der Waals surface area contributed by atoms with E-state index in [9.17, 15) is 9.59 Å². The predicted molar refractivity (Wildman–Crippen MR) is 82.9 cm³/mol. The van der Waals surface area contributed by atoms with Crippen LogP contribution in [0.3, 0.4) is 0 Å². The van der Waals surface area contributed by atoms with Crippen LogP contribution < -0.4 is 4.74 Å². The summed E-state index contributed by atoms with van der Waals surface area (Å²) in [7, 11) is 0. The summed E-state index contributed by atoms with van der Waals surface area (Å²) < 4.78 is 5.39. The second kappa shape index (κ2) is 7.82. The number of piperidine rings is 1. The lowest BCUT2D eigenvalue weighted by Gasteiger charge is -2.30. The van der Waals surface area contributed by atoms with Crippen molar-refractivity contribution >= 4 is 11.9 Å². The van der Waals surface area contributed by atoms with Gasteiger partial charge in [-0.1, -0.05) is 12.1 Å². The summed E-state index contributed by atoms with van der Waals surface area (Å²) in [6.45, 7) is 3.59. The molecule has 1 amide bonds. The molecule has 1 aliphatic rings. The van der Waals surface area contributed by atoms with Crippen LogP contribution in [0.5, 0.6) is 5.75 Å². The Bertz CT molecular complexity index is 512. The molecule has 1 atom stereocenters. The Morgan fingerprint density at radius 1 is 1.32 bits per heavy atom. The molecule has 1 heterocycles. The van der Waals surface area contributed by atoms with Gasteiger partial charge in [0.15, 0.2) is 0 Å². The van der Waals surface area contributed by atoms with Crippen LogP contribution in [0.25, 0.3) is 0 Å². The number of likely N-dealkylation sites (tertiary alicyclic amines) is 1. The third-order valence-electron chi connectivity index (χ3n) is 3.99. The molecule has 120 valence electrons. The number of hydrogen-bond donors (Lipinski definition) is 1. The topological polar surface area (TPSA) is 66.8 Å². The lowest BCUT2D eigenvalue weighted by molar-refractivity contribution is -0.145. The van der Waals surface area contributed by atoms with Crippen molar-refractivity contribution in [2.24, 2.45) is 5.92 Å². The van der Waals surface area contributed by atoms with Crippen molar-refractivity contribution in [2.75, 3.05) is 19.7 Å². The number of carbonyl (C=O) groups is 2. The molecular weight excluding hydrogens is 282 g/mol. The average molecular weight is 305 g/mol. The molecule has 2 rings (SSSR count). The van der Waals surface area contributed by atoms with Gasteiger partial charge in [-0.25, -0.2) is 0 Å². The SMILES string of the molecule is CCOc1ccc(CCC(=O)N2CCC[C@H](C(=O)O)C2)cc1. The van der Waals surface area contributed by atoms with Crippen LogP contribution in [0.4, 0.5) is 0 Å². The van der Waals surface area contributed by atoms with Gasteiger partial charge in [0.1, 0.15) is 5.75 Å². The van der Waals surface area contributed by atoms with E-state index in [1.807, 2.05) is 31.2 Å². The van der Waals surface area contributed by atoms with Gasteiger partial charge in [0, 0.05) is 19.5 Å². The van der Waals surface area contributed by atoms with Gasteiger partial charge in [0.2, 0.25) is 5.91 Å². The number of hydrogen-bond acceptors (Lipinski definition) is 3. The molecule has 5 nitrogen and oxygen atoms in total. The molecule has 0 bridgehead atoms. The first kappa shape index (κ1) is 16.3. The molecule has 1 fully saturated rings. The van der Waals surface area contributed by atoms with Gasteiger partial charge >= 0.3 is 5.97 Å². The van der Waals surface area contributed by atoms with Crippen molar-refractivity contribution in [3.05, 3.63) is 29.8 Å². The van der Waals surface area contributed by atoms with E-state index < -0.39 is 11.9 Å². The summed E-state index contributed by atoms with van der Waals surface area (Å²) in [5, 5.41) is 9.07. The van der Waals surface area contributed by atoms with Gasteiger partial charge < -0.3 is 14.7 Å². The number of rotatable bonds is 6. The summed E-state index contributed by atoms with van der Waals surface area (Å²) in [5.74, 6) is -0.343. The van der Waals surface area contributed by atoms with Crippen molar-refractivity contribution in [1.82, 2.24) is 4.90 Å². The third kappa shape index (κ3) is 4.48. The molecule has 1 aliphatic heterocycles. The molecule has 0 aromatic heterocycles. The normalized spacial score (nSPS) is 18.0. The molecule has 1 aromatic rings. The maximum atomic E-state index is 12.2. The molecule has 0 spiro atoms. The molecule has 1 N–H and O–H groups in total. The molecular formula is C17H23NO4. The van der Waals surface area contributed by atoms with Gasteiger partial charge in [-0.15, -0.1) is 0 Å². The smallest absolute Gasteiger partial charge is 0.308 e. The molecule has 1 aromatic carbocycles. The highest BCUT2D eigenvalue weighted by Crippen LogP contribution is 2.18. The van der Waals surface area contributed by atoms with Crippen molar-refractivity contribution in [3.8, 4) is 5.75 Å². The molecule has 0 aliphatic carbocycles. The first-order valence-electron chi connectivity index (χ1n) is 7.82. The Hall–Kier alpha value is -2.04. The predicted octanol–water partition coefficient (Wildman–Crippen LogP) is 2.34. The molecule has 1 saturated heterocycles. The first-order chi connectivity index (χ1) is 10.6. The van der Waals surface area contributed by atoms with Gasteiger partial charge in [-0.05, 0) is 43.9 Å². The Morgan fingerprint density at radius 2 is 2.05 bits per heavy atom. The fraction of sp³-hybridized carbons (Fsp3) is 0.529. The Labute approximate surface area is 130 Å². The van der Waals surface area contributed by atoms with Gasteiger partial charge in [-0.2, -0.15) is 0 Å². The Kier molecular flexibility index (Phi) is 5.81. The zero-order valence-electron chi connectivity index (χ0n) is 13.0. The van der Waals surface area contributed by atoms with Crippen LogP contribution >= 0.6 is 0 Å². The standard InChI is InChI=1S/C17H23NO4/c1-2-22-15-8-5-13(6-9-15)7-10-16(19)18-11-3-4-14(12-18)17(20)21/h5-6,8-9,14H,2-4,7,10-12H2,1H3,(H,20,21)/t14-/m0/s1. The number of aliphatic carboxylic acids is 1. The molecule has 22 heavy (non-hydrogen) atoms. The quantitative estimate of drug-likeness (QED) is 0.876. The Morgan fingerprint density at radius 3 is 2.68 bits per heavy atom. The van der Waals surface area contributed by atoms with E-state index >= 15 is 0 Å².